The van der Waals surface area contributed by atoms with Crippen molar-refractivity contribution in [2.24, 2.45) is 0 Å². The predicted octanol–water partition coefficient (Wildman–Crippen LogP) is -1.71. The maximum Gasteiger partial charge on any atom is 0.160 e. The zero-order valence-corrected chi connectivity index (χ0v) is 5.11. The molecular formula is C5H10O4. The summed E-state index contributed by atoms with van der Waals surface area (Å²) >= 11 is 0. The normalized spacial score (nSPS) is 16.9. The molecule has 0 bridgehead atoms. The molecule has 0 radical (unpaired) electrons. The molecule has 4 heteroatoms. The van der Waals surface area contributed by atoms with Crippen LogP contribution in [0.2, 0.25) is 0 Å². The van der Waals surface area contributed by atoms with Crippen LogP contribution in [0.3, 0.4) is 0 Å². The van der Waals surface area contributed by atoms with E-state index in [1.807, 2.05) is 0 Å². The smallest absolute Gasteiger partial charge is 0.160 e. The number of rotatable bonds is 3. The first-order valence-electron chi connectivity index (χ1n) is 2.57. The Bertz CT molecular complexity index is 101. The summed E-state index contributed by atoms with van der Waals surface area (Å²) in [5, 5.41) is 25.4. The molecule has 0 spiro atoms. The first-order chi connectivity index (χ1) is 4.09. The summed E-state index contributed by atoms with van der Waals surface area (Å²) in [4.78, 5) is 10.2. The van der Waals surface area contributed by atoms with Crippen LogP contribution in [0.1, 0.15) is 6.92 Å². The lowest BCUT2D eigenvalue weighted by molar-refractivity contribution is -0.132. The Morgan fingerprint density at radius 2 is 2.00 bits per heavy atom. The van der Waals surface area contributed by atoms with Crippen LogP contribution in [0.4, 0.5) is 0 Å². The monoisotopic (exact) mass is 135 g/mol. The first-order valence-corrected chi connectivity index (χ1v) is 2.57. The van der Waals surface area contributed by atoms with Gasteiger partial charge >= 0.3 is 0 Å². The van der Waals surface area contributed by atoms with Crippen molar-refractivity contribution < 1.29 is 20.1 Å². The Labute approximate surface area is 52.7 Å². The van der Waals surface area contributed by atoms with Gasteiger partial charge in [0.15, 0.2) is 5.78 Å². The van der Waals surface area contributed by atoms with Crippen molar-refractivity contribution in [1.82, 2.24) is 0 Å². The van der Waals surface area contributed by atoms with E-state index in [-0.39, 0.29) is 0 Å². The highest BCUT2D eigenvalue weighted by molar-refractivity contribution is 5.80. The summed E-state index contributed by atoms with van der Waals surface area (Å²) in [5.74, 6) is -0.545. The van der Waals surface area contributed by atoms with Crippen LogP contribution in [0.15, 0.2) is 0 Å². The molecule has 0 amide bonds. The van der Waals surface area contributed by atoms with Gasteiger partial charge in [0, 0.05) is 0 Å². The zero-order chi connectivity index (χ0) is 7.44. The van der Waals surface area contributed by atoms with Gasteiger partial charge in [-0.2, -0.15) is 0 Å². The van der Waals surface area contributed by atoms with E-state index in [0.29, 0.717) is 0 Å². The number of Topliss-reactive ketones (excluding diaryl/α,β-unsaturated/α-hetero) is 1. The van der Waals surface area contributed by atoms with Crippen molar-refractivity contribution in [2.75, 3.05) is 6.61 Å². The molecule has 0 saturated heterocycles. The van der Waals surface area contributed by atoms with Crippen molar-refractivity contribution in [3.63, 3.8) is 0 Å². The largest absolute Gasteiger partial charge is 0.394 e. The second kappa shape index (κ2) is 3.55. The van der Waals surface area contributed by atoms with Crippen LogP contribution in [0.5, 0.6) is 0 Å². The number of carbonyl (C=O) groups excluding carboxylic acids is 1. The van der Waals surface area contributed by atoms with Crippen molar-refractivity contribution in [3.8, 4) is 0 Å². The second-order valence-corrected chi connectivity index (χ2v) is 1.81. The van der Waals surface area contributed by atoms with Gasteiger partial charge in [0.2, 0.25) is 0 Å². The summed E-state index contributed by atoms with van der Waals surface area (Å²) in [6.07, 6.45) is -2.79. The molecule has 0 aliphatic heterocycles. The quantitative estimate of drug-likeness (QED) is 0.403. The third-order valence-corrected chi connectivity index (χ3v) is 0.968. The Morgan fingerprint density at radius 1 is 1.56 bits per heavy atom. The van der Waals surface area contributed by atoms with Crippen molar-refractivity contribution in [1.29, 1.82) is 0 Å². The van der Waals surface area contributed by atoms with Crippen LogP contribution < -0.4 is 0 Å². The predicted molar refractivity (Wildman–Crippen MR) is 29.8 cm³/mol. The van der Waals surface area contributed by atoms with E-state index in [2.05, 4.69) is 0 Å². The van der Waals surface area contributed by atoms with E-state index in [0.717, 1.165) is 6.92 Å². The fourth-order valence-corrected chi connectivity index (χ4v) is 0.371. The van der Waals surface area contributed by atoms with Crippen molar-refractivity contribution in [2.45, 2.75) is 19.1 Å². The number of carbonyl (C=O) groups is 1. The Morgan fingerprint density at radius 3 is 2.11 bits per heavy atom. The maximum atomic E-state index is 10.2. The molecule has 0 aromatic carbocycles. The van der Waals surface area contributed by atoms with Gasteiger partial charge in [-0.25, -0.2) is 0 Å². The van der Waals surface area contributed by atoms with Crippen LogP contribution >= 0.6 is 0 Å². The molecule has 0 aliphatic carbocycles. The SMILES string of the molecule is C[13C](=O)[C@@H](O)[C@H](O)CO. The first kappa shape index (κ1) is 8.55. The molecule has 3 N–H and O–H groups in total. The fourth-order valence-electron chi connectivity index (χ4n) is 0.371. The molecule has 0 fully saturated rings. The number of hydrogen-bond donors (Lipinski definition) is 3. The number of hydrogen-bond acceptors (Lipinski definition) is 4. The van der Waals surface area contributed by atoms with Crippen LogP contribution in [0.25, 0.3) is 0 Å². The molecule has 0 aromatic heterocycles. The molecule has 4 nitrogen and oxygen atoms in total. The minimum Gasteiger partial charge on any atom is -0.394 e. The van der Waals surface area contributed by atoms with Gasteiger partial charge < -0.3 is 15.3 Å². The highest BCUT2D eigenvalue weighted by atomic mass is 16.4. The summed E-state index contributed by atoms with van der Waals surface area (Å²) in [6, 6.07) is 0. The molecule has 0 aliphatic rings. The zero-order valence-electron chi connectivity index (χ0n) is 5.11. The molecule has 0 rings (SSSR count). The van der Waals surface area contributed by atoms with Gasteiger partial charge in [0.25, 0.3) is 0 Å². The van der Waals surface area contributed by atoms with Gasteiger partial charge in [0.05, 0.1) is 6.61 Å². The van der Waals surface area contributed by atoms with Gasteiger partial charge in [0.1, 0.15) is 12.2 Å². The number of aliphatic hydroxyl groups is 3. The maximum absolute atomic E-state index is 10.2. The third-order valence-electron chi connectivity index (χ3n) is 0.968. The van der Waals surface area contributed by atoms with Gasteiger partial charge in [-0.15, -0.1) is 0 Å². The Kier molecular flexibility index (Phi) is 3.37. The molecule has 0 unspecified atom stereocenters. The van der Waals surface area contributed by atoms with E-state index in [4.69, 9.17) is 15.3 Å². The van der Waals surface area contributed by atoms with Gasteiger partial charge in [-0.05, 0) is 6.92 Å². The van der Waals surface area contributed by atoms with E-state index in [9.17, 15) is 4.79 Å². The molecule has 2 atom stereocenters. The van der Waals surface area contributed by atoms with E-state index >= 15 is 0 Å². The minimum atomic E-state index is -1.45. The van der Waals surface area contributed by atoms with Crippen molar-refractivity contribution >= 4 is 5.78 Å². The average Bonchev–Trinajstić information content (AvgIpc) is 1.84. The van der Waals surface area contributed by atoms with E-state index in [1.165, 1.54) is 0 Å². The van der Waals surface area contributed by atoms with E-state index < -0.39 is 24.6 Å². The standard InChI is InChI=1S/C5H10O4/c1-3(7)5(9)4(8)2-6/h4-6,8-9H,2H2,1H3/t4-,5-/m1/s1/i3+1. The van der Waals surface area contributed by atoms with E-state index in [1.54, 1.807) is 0 Å². The second-order valence-electron chi connectivity index (χ2n) is 1.81. The molecule has 9 heavy (non-hydrogen) atoms. The van der Waals surface area contributed by atoms with Gasteiger partial charge in [-0.3, -0.25) is 4.79 Å². The summed E-state index contributed by atoms with van der Waals surface area (Å²) < 4.78 is 0. The summed E-state index contributed by atoms with van der Waals surface area (Å²) in [6.45, 7) is 0.546. The van der Waals surface area contributed by atoms with Crippen LogP contribution in [-0.4, -0.2) is 39.9 Å². The fraction of sp³-hybridized carbons (Fsp3) is 0.800. The number of ketones is 1. The molecule has 0 saturated carbocycles. The molecular weight excluding hydrogens is 125 g/mol. The third kappa shape index (κ3) is 2.55. The molecule has 54 valence electrons. The van der Waals surface area contributed by atoms with Crippen LogP contribution in [-0.2, 0) is 4.79 Å². The lowest BCUT2D eigenvalue weighted by atomic mass is 10.3. The van der Waals surface area contributed by atoms with Crippen molar-refractivity contribution in [3.05, 3.63) is 0 Å². The Balaban J connectivity index is 3.72. The highest BCUT2D eigenvalue weighted by Crippen LogP contribution is 1.92. The van der Waals surface area contributed by atoms with Crippen LogP contribution in [0, 0.1) is 0 Å². The lowest BCUT2D eigenvalue weighted by Gasteiger charge is -2.10. The average molecular weight is 135 g/mol. The highest BCUT2D eigenvalue weighted by Gasteiger charge is 2.18. The van der Waals surface area contributed by atoms with Gasteiger partial charge in [-0.1, -0.05) is 0 Å². The Hall–Kier alpha value is -0.450. The molecule has 0 aromatic rings. The molecule has 0 heterocycles. The summed E-state index contributed by atoms with van der Waals surface area (Å²) in [5.41, 5.74) is 0. The topological polar surface area (TPSA) is 77.8 Å². The lowest BCUT2D eigenvalue weighted by Crippen LogP contribution is -2.34. The summed E-state index contributed by atoms with van der Waals surface area (Å²) in [7, 11) is 0. The minimum absolute atomic E-state index is 0.545. The number of aliphatic hydroxyl groups excluding tert-OH is 3.